The first-order valence-corrected chi connectivity index (χ1v) is 5.99. The maximum atomic E-state index is 5.72. The van der Waals surface area contributed by atoms with Gasteiger partial charge in [-0.3, -0.25) is 0 Å². The molecule has 98 valence electrons. The van der Waals surface area contributed by atoms with E-state index in [1.165, 1.54) is 0 Å². The van der Waals surface area contributed by atoms with E-state index in [2.05, 4.69) is 34.6 Å². The van der Waals surface area contributed by atoms with Gasteiger partial charge < -0.3 is 25.6 Å². The number of methoxy groups -OCH3 is 1. The van der Waals surface area contributed by atoms with Gasteiger partial charge in [-0.2, -0.15) is 0 Å². The topological polar surface area (TPSA) is 53.8 Å². The van der Waals surface area contributed by atoms with Crippen LogP contribution in [0.3, 0.4) is 0 Å². The van der Waals surface area contributed by atoms with Crippen molar-refractivity contribution < 1.29 is 4.74 Å². The molecule has 0 radical (unpaired) electrons. The van der Waals surface area contributed by atoms with Crippen LogP contribution < -0.4 is 15.8 Å². The van der Waals surface area contributed by atoms with Gasteiger partial charge in [-0.1, -0.05) is 0 Å². The van der Waals surface area contributed by atoms with Crippen molar-refractivity contribution in [3.63, 3.8) is 0 Å². The van der Waals surface area contributed by atoms with Crippen molar-refractivity contribution in [2.24, 2.45) is 0 Å². The van der Waals surface area contributed by atoms with Gasteiger partial charge in [0, 0.05) is 44.3 Å². The summed E-state index contributed by atoms with van der Waals surface area (Å²) in [5, 5.41) is 3.36. The smallest absolute Gasteiger partial charge is 0.143 e. The second-order valence-electron chi connectivity index (χ2n) is 4.40. The molecule has 0 saturated heterocycles. The van der Waals surface area contributed by atoms with E-state index in [-0.39, 0.29) is 0 Å². The zero-order valence-electron chi connectivity index (χ0n) is 10.9. The van der Waals surface area contributed by atoms with Crippen LogP contribution in [0.15, 0.2) is 30.6 Å². The number of hydrogen-bond donors (Lipinski definition) is 2. The summed E-state index contributed by atoms with van der Waals surface area (Å²) in [5.74, 6) is 0.782. The first-order chi connectivity index (χ1) is 8.69. The van der Waals surface area contributed by atoms with Crippen molar-refractivity contribution in [3.8, 4) is 5.75 Å². The van der Waals surface area contributed by atoms with E-state index >= 15 is 0 Å². The lowest BCUT2D eigenvalue weighted by molar-refractivity contribution is 0.304. The number of nitrogens with one attached hydrogen (secondary N) is 1. The fourth-order valence-electron chi connectivity index (χ4n) is 1.92. The molecule has 1 aliphatic rings. The van der Waals surface area contributed by atoms with Gasteiger partial charge in [0.2, 0.25) is 0 Å². The molecule has 18 heavy (non-hydrogen) atoms. The number of hydrogen-bond acceptors (Lipinski definition) is 5. The third-order valence-electron chi connectivity index (χ3n) is 2.88. The van der Waals surface area contributed by atoms with Crippen LogP contribution in [-0.2, 0) is 0 Å². The molecule has 0 spiro atoms. The van der Waals surface area contributed by atoms with Gasteiger partial charge in [-0.15, -0.1) is 0 Å². The van der Waals surface area contributed by atoms with Crippen LogP contribution in [0.4, 0.5) is 11.4 Å². The number of nitrogens with zero attached hydrogens (tertiary/aromatic N) is 2. The van der Waals surface area contributed by atoms with Crippen LogP contribution >= 0.6 is 0 Å². The summed E-state index contributed by atoms with van der Waals surface area (Å²) in [5.41, 5.74) is 7.40. The van der Waals surface area contributed by atoms with Crippen LogP contribution in [0, 0.1) is 0 Å². The maximum absolute atomic E-state index is 5.72. The molecule has 5 nitrogen and oxygen atoms in total. The molecular weight excluding hydrogens is 228 g/mol. The summed E-state index contributed by atoms with van der Waals surface area (Å²) in [6.07, 6.45) is 4.17. The van der Waals surface area contributed by atoms with Crippen LogP contribution in [0.1, 0.15) is 0 Å². The molecule has 1 aromatic rings. The summed E-state index contributed by atoms with van der Waals surface area (Å²) in [6.45, 7) is 2.76. The molecule has 0 fully saturated rings. The predicted octanol–water partition coefficient (Wildman–Crippen LogP) is 1.37. The minimum Gasteiger partial charge on any atom is -0.495 e. The standard InChI is InChI=1S/C13H20N4O/c1-16-7-8-17(10-16)6-5-15-12-4-3-11(14)9-13(12)18-2/h3-4,7-9,15H,5-6,10,14H2,1-2H3. The molecule has 0 atom stereocenters. The quantitative estimate of drug-likeness (QED) is 0.771. The second-order valence-corrected chi connectivity index (χ2v) is 4.40. The molecule has 5 heteroatoms. The molecule has 0 amide bonds. The van der Waals surface area contributed by atoms with E-state index in [9.17, 15) is 0 Å². The van der Waals surface area contributed by atoms with E-state index in [1.54, 1.807) is 7.11 Å². The van der Waals surface area contributed by atoms with Crippen molar-refractivity contribution in [2.75, 3.05) is 45.0 Å². The molecule has 1 aliphatic heterocycles. The summed E-state index contributed by atoms with van der Waals surface area (Å²) in [7, 11) is 3.71. The summed E-state index contributed by atoms with van der Waals surface area (Å²) in [4.78, 5) is 4.39. The normalized spacial score (nSPS) is 14.1. The maximum Gasteiger partial charge on any atom is 0.143 e. The molecule has 0 saturated carbocycles. The molecule has 1 heterocycles. The Morgan fingerprint density at radius 1 is 1.39 bits per heavy atom. The Hall–Kier alpha value is -2.04. The van der Waals surface area contributed by atoms with E-state index in [4.69, 9.17) is 10.5 Å². The third kappa shape index (κ3) is 3.00. The summed E-state index contributed by atoms with van der Waals surface area (Å²) < 4.78 is 5.29. The van der Waals surface area contributed by atoms with Gasteiger partial charge in [-0.25, -0.2) is 0 Å². The first-order valence-electron chi connectivity index (χ1n) is 5.99. The Labute approximate surface area is 108 Å². The van der Waals surface area contributed by atoms with Crippen LogP contribution in [0.25, 0.3) is 0 Å². The Bertz CT molecular complexity index is 433. The van der Waals surface area contributed by atoms with E-state index < -0.39 is 0 Å². The van der Waals surface area contributed by atoms with Crippen LogP contribution in [0.5, 0.6) is 5.75 Å². The second kappa shape index (κ2) is 5.53. The molecule has 0 aliphatic carbocycles. The Morgan fingerprint density at radius 2 is 2.22 bits per heavy atom. The Morgan fingerprint density at radius 3 is 2.89 bits per heavy atom. The van der Waals surface area contributed by atoms with Gasteiger partial charge in [0.15, 0.2) is 0 Å². The number of rotatable bonds is 5. The molecule has 2 rings (SSSR count). The fraction of sp³-hybridized carbons (Fsp3) is 0.385. The van der Waals surface area contributed by atoms with Crippen molar-refractivity contribution in [3.05, 3.63) is 30.6 Å². The van der Waals surface area contributed by atoms with Crippen molar-refractivity contribution in [1.29, 1.82) is 0 Å². The van der Waals surface area contributed by atoms with Crippen molar-refractivity contribution >= 4 is 11.4 Å². The fourth-order valence-corrected chi connectivity index (χ4v) is 1.92. The zero-order chi connectivity index (χ0) is 13.0. The molecule has 0 aromatic heterocycles. The van der Waals surface area contributed by atoms with Gasteiger partial charge in [0.05, 0.1) is 19.5 Å². The molecular formula is C13H20N4O. The highest BCUT2D eigenvalue weighted by Crippen LogP contribution is 2.26. The minimum absolute atomic E-state index is 0.710. The average molecular weight is 248 g/mol. The number of anilines is 2. The minimum atomic E-state index is 0.710. The highest BCUT2D eigenvalue weighted by Gasteiger charge is 2.08. The number of nitrogen functional groups attached to an aromatic ring is 1. The van der Waals surface area contributed by atoms with Gasteiger partial charge in [0.1, 0.15) is 5.75 Å². The Balaban J connectivity index is 1.85. The molecule has 3 N–H and O–H groups in total. The van der Waals surface area contributed by atoms with Gasteiger partial charge in [0.25, 0.3) is 0 Å². The average Bonchev–Trinajstić information content (AvgIpc) is 2.77. The largest absolute Gasteiger partial charge is 0.495 e. The first kappa shape index (κ1) is 12.4. The Kier molecular flexibility index (Phi) is 3.82. The molecule has 0 bridgehead atoms. The van der Waals surface area contributed by atoms with Crippen LogP contribution in [-0.4, -0.2) is 43.7 Å². The van der Waals surface area contributed by atoms with E-state index in [0.29, 0.717) is 5.69 Å². The lowest BCUT2D eigenvalue weighted by Crippen LogP contribution is -2.27. The lowest BCUT2D eigenvalue weighted by atomic mass is 10.2. The van der Waals surface area contributed by atoms with E-state index in [1.807, 2.05) is 18.2 Å². The number of nitrogens with two attached hydrogens (primary N) is 1. The SMILES string of the molecule is COc1cc(N)ccc1NCCN1C=CN(C)C1. The number of benzene rings is 1. The van der Waals surface area contributed by atoms with E-state index in [0.717, 1.165) is 31.2 Å². The van der Waals surface area contributed by atoms with Gasteiger partial charge in [-0.05, 0) is 12.1 Å². The van der Waals surface area contributed by atoms with Crippen molar-refractivity contribution in [1.82, 2.24) is 9.80 Å². The molecule has 0 unspecified atom stereocenters. The highest BCUT2D eigenvalue weighted by atomic mass is 16.5. The number of ether oxygens (including phenoxy) is 1. The monoisotopic (exact) mass is 248 g/mol. The van der Waals surface area contributed by atoms with Crippen LogP contribution in [0.2, 0.25) is 0 Å². The van der Waals surface area contributed by atoms with Gasteiger partial charge >= 0.3 is 0 Å². The predicted molar refractivity (Wildman–Crippen MR) is 74.4 cm³/mol. The third-order valence-corrected chi connectivity index (χ3v) is 2.88. The van der Waals surface area contributed by atoms with Crippen molar-refractivity contribution in [2.45, 2.75) is 0 Å². The lowest BCUT2D eigenvalue weighted by Gasteiger charge is -2.19. The summed E-state index contributed by atoms with van der Waals surface area (Å²) in [6, 6.07) is 5.64. The summed E-state index contributed by atoms with van der Waals surface area (Å²) >= 11 is 0. The zero-order valence-corrected chi connectivity index (χ0v) is 10.9. The highest BCUT2D eigenvalue weighted by molar-refractivity contribution is 5.62. The molecule has 1 aromatic carbocycles.